The second kappa shape index (κ2) is 7.22. The van der Waals surface area contributed by atoms with Gasteiger partial charge in [-0.05, 0) is 82.2 Å². The van der Waals surface area contributed by atoms with E-state index in [0.717, 1.165) is 60.4 Å². The van der Waals surface area contributed by atoms with Crippen LogP contribution in [0.4, 0.5) is 0 Å². The number of nitrogens with zero attached hydrogens (tertiary/aromatic N) is 2. The zero-order chi connectivity index (χ0) is 20.8. The monoisotopic (exact) mass is 464 g/mol. The summed E-state index contributed by atoms with van der Waals surface area (Å²) in [6.07, 6.45) is 8.13. The van der Waals surface area contributed by atoms with E-state index in [9.17, 15) is 0 Å². The first kappa shape index (κ1) is 18.1. The largest absolute Gasteiger partial charge is 0.355 e. The van der Waals surface area contributed by atoms with Crippen molar-refractivity contribution in [2.24, 2.45) is 0 Å². The van der Waals surface area contributed by atoms with Crippen LogP contribution >= 0.6 is 15.9 Å². The predicted molar refractivity (Wildman–Crippen MR) is 132 cm³/mol. The number of hydrogen-bond acceptors (Lipinski definition) is 2. The van der Waals surface area contributed by atoms with Crippen LogP contribution in [-0.4, -0.2) is 19.9 Å². The Morgan fingerprint density at radius 3 is 1.74 bits per heavy atom. The highest BCUT2D eigenvalue weighted by Gasteiger charge is 2.12. The van der Waals surface area contributed by atoms with E-state index in [1.54, 1.807) is 0 Å². The summed E-state index contributed by atoms with van der Waals surface area (Å²) in [6.45, 7) is 0. The molecule has 0 unspecified atom stereocenters. The summed E-state index contributed by atoms with van der Waals surface area (Å²) in [4.78, 5) is 16.5. The molecule has 1 aromatic carbocycles. The molecule has 6 rings (SSSR count). The van der Waals surface area contributed by atoms with Crippen molar-refractivity contribution < 1.29 is 0 Å². The fourth-order valence-corrected chi connectivity index (χ4v) is 4.59. The van der Waals surface area contributed by atoms with Gasteiger partial charge in [0.2, 0.25) is 0 Å². The first-order chi connectivity index (χ1) is 15.2. The van der Waals surface area contributed by atoms with Gasteiger partial charge in [0.25, 0.3) is 0 Å². The molecule has 0 atom stereocenters. The number of halogens is 1. The minimum atomic E-state index is 0.901. The molecule has 0 aliphatic carbocycles. The Morgan fingerprint density at radius 1 is 0.581 bits per heavy atom. The van der Waals surface area contributed by atoms with Gasteiger partial charge in [0.1, 0.15) is 0 Å². The molecule has 0 radical (unpaired) electrons. The van der Waals surface area contributed by atoms with Gasteiger partial charge in [0.15, 0.2) is 0 Å². The summed E-state index contributed by atoms with van der Waals surface area (Å²) in [5, 5.41) is 0. The summed E-state index contributed by atoms with van der Waals surface area (Å²) >= 11 is 3.83. The third-order valence-corrected chi connectivity index (χ3v) is 6.17. The molecule has 0 saturated heterocycles. The molecule has 5 heterocycles. The summed E-state index contributed by atoms with van der Waals surface area (Å²) in [6, 6.07) is 22.7. The van der Waals surface area contributed by atoms with Crippen LogP contribution in [0.25, 0.3) is 57.5 Å². The van der Waals surface area contributed by atoms with Crippen LogP contribution < -0.4 is 0 Å². The van der Waals surface area contributed by atoms with Crippen LogP contribution in [0.5, 0.6) is 0 Å². The van der Waals surface area contributed by atoms with E-state index in [-0.39, 0.29) is 0 Å². The van der Waals surface area contributed by atoms with Gasteiger partial charge < -0.3 is 9.97 Å². The quantitative estimate of drug-likeness (QED) is 0.273. The number of aromatic amines is 2. The fourth-order valence-electron chi connectivity index (χ4n) is 3.93. The molecule has 2 aliphatic heterocycles. The molecule has 0 amide bonds. The van der Waals surface area contributed by atoms with Crippen molar-refractivity contribution in [1.29, 1.82) is 0 Å². The van der Waals surface area contributed by atoms with Gasteiger partial charge in [-0.3, -0.25) is 0 Å². The third kappa shape index (κ3) is 3.43. The predicted octanol–water partition coefficient (Wildman–Crippen LogP) is 7.09. The van der Waals surface area contributed by atoms with E-state index in [2.05, 4.69) is 74.4 Å². The lowest BCUT2D eigenvalue weighted by atomic mass is 10.1. The number of rotatable bonds is 1. The van der Waals surface area contributed by atoms with E-state index in [1.165, 1.54) is 0 Å². The van der Waals surface area contributed by atoms with Crippen molar-refractivity contribution in [3.05, 3.63) is 94.0 Å². The molecule has 0 saturated carbocycles. The van der Waals surface area contributed by atoms with Gasteiger partial charge >= 0.3 is 0 Å². The fraction of sp³-hybridized carbons (Fsp3) is 0. The third-order valence-electron chi connectivity index (χ3n) is 5.35. The summed E-state index contributed by atoms with van der Waals surface area (Å²) in [7, 11) is 0. The van der Waals surface area contributed by atoms with Crippen molar-refractivity contribution in [2.45, 2.75) is 0 Å². The minimum Gasteiger partial charge on any atom is -0.355 e. The molecular formula is C26H17BrN4. The molecule has 5 heteroatoms. The molecular weight excluding hydrogens is 448 g/mol. The van der Waals surface area contributed by atoms with E-state index in [0.29, 0.717) is 0 Å². The highest BCUT2D eigenvalue weighted by Crippen LogP contribution is 2.36. The van der Waals surface area contributed by atoms with Crippen molar-refractivity contribution in [3.63, 3.8) is 0 Å². The van der Waals surface area contributed by atoms with Crippen molar-refractivity contribution >= 4 is 62.3 Å². The average Bonchev–Trinajstić information content (AvgIpc) is 3.55. The van der Waals surface area contributed by atoms with Gasteiger partial charge in [0.05, 0.1) is 32.8 Å². The van der Waals surface area contributed by atoms with E-state index in [1.807, 2.05) is 42.5 Å². The smallest absolute Gasteiger partial charge is 0.0658 e. The van der Waals surface area contributed by atoms with Crippen LogP contribution in [0.1, 0.15) is 22.8 Å². The Morgan fingerprint density at radius 2 is 1.13 bits per heavy atom. The normalized spacial score (nSPS) is 12.4. The van der Waals surface area contributed by atoms with Crippen molar-refractivity contribution in [3.8, 4) is 11.1 Å². The Balaban J connectivity index is 1.72. The van der Waals surface area contributed by atoms with E-state index < -0.39 is 0 Å². The highest BCUT2D eigenvalue weighted by atomic mass is 79.9. The molecule has 148 valence electrons. The summed E-state index contributed by atoms with van der Waals surface area (Å²) in [5.74, 6) is 0. The Hall–Kier alpha value is -3.70. The second-order valence-electron chi connectivity index (χ2n) is 7.54. The first-order valence-corrected chi connectivity index (χ1v) is 10.8. The SMILES string of the molecule is Brc1c(-c2ccccc2)c2cc3nc(cc4ccc(cc5nc(cc1[nH]2)C=C5)[nH]4)C=C3. The summed E-state index contributed by atoms with van der Waals surface area (Å²) in [5.41, 5.74) is 9.88. The van der Waals surface area contributed by atoms with Crippen LogP contribution in [0, 0.1) is 0 Å². The number of H-pyrrole nitrogens is 2. The maximum atomic E-state index is 4.78. The molecule has 0 spiro atoms. The Labute approximate surface area is 187 Å². The zero-order valence-electron chi connectivity index (χ0n) is 16.4. The molecule has 0 fully saturated rings. The van der Waals surface area contributed by atoms with Crippen molar-refractivity contribution in [1.82, 2.24) is 19.9 Å². The molecule has 31 heavy (non-hydrogen) atoms. The minimum absolute atomic E-state index is 0.901. The zero-order valence-corrected chi connectivity index (χ0v) is 18.0. The highest BCUT2D eigenvalue weighted by molar-refractivity contribution is 9.10. The van der Waals surface area contributed by atoms with E-state index in [4.69, 9.17) is 9.97 Å². The maximum Gasteiger partial charge on any atom is 0.0658 e. The topological polar surface area (TPSA) is 57.4 Å². The maximum absolute atomic E-state index is 4.78. The molecule has 4 aromatic rings. The number of benzene rings is 1. The lowest BCUT2D eigenvalue weighted by Crippen LogP contribution is -1.77. The van der Waals surface area contributed by atoms with Gasteiger partial charge in [-0.25, -0.2) is 9.97 Å². The Kier molecular flexibility index (Phi) is 4.21. The van der Waals surface area contributed by atoms with Crippen molar-refractivity contribution in [2.75, 3.05) is 0 Å². The van der Waals surface area contributed by atoms with Crippen LogP contribution in [0.3, 0.4) is 0 Å². The number of fused-ring (bicyclic) bond motifs is 8. The molecule has 2 aliphatic rings. The molecule has 2 N–H and O–H groups in total. The van der Waals surface area contributed by atoms with Crippen LogP contribution in [0.2, 0.25) is 0 Å². The standard InChI is InChI=1S/C26H17BrN4/c27-26-24-15-22-11-9-20(30-22)13-18-7-6-17(28-18)12-19-8-10-21(29-19)14-23(31-24)25(26)16-4-2-1-3-5-16/h1-15,28,31H. The Bertz CT molecular complexity index is 1540. The van der Waals surface area contributed by atoms with Gasteiger partial charge in [-0.15, -0.1) is 0 Å². The molecule has 3 aromatic heterocycles. The molecule has 4 nitrogen and oxygen atoms in total. The lowest BCUT2D eigenvalue weighted by molar-refractivity contribution is 1.31. The second-order valence-corrected chi connectivity index (χ2v) is 8.34. The number of aromatic nitrogens is 4. The number of nitrogens with one attached hydrogen (secondary N) is 2. The first-order valence-electron chi connectivity index (χ1n) is 10.0. The number of hydrogen-bond donors (Lipinski definition) is 2. The molecule has 8 bridgehead atoms. The van der Waals surface area contributed by atoms with Gasteiger partial charge in [-0.2, -0.15) is 0 Å². The van der Waals surface area contributed by atoms with Crippen LogP contribution in [0.15, 0.2) is 71.2 Å². The van der Waals surface area contributed by atoms with Gasteiger partial charge in [-0.1, -0.05) is 30.3 Å². The lowest BCUT2D eigenvalue weighted by Gasteiger charge is -2.00. The summed E-state index contributed by atoms with van der Waals surface area (Å²) < 4.78 is 1.01. The average molecular weight is 465 g/mol. The van der Waals surface area contributed by atoms with Gasteiger partial charge in [0, 0.05) is 22.1 Å². The van der Waals surface area contributed by atoms with Crippen LogP contribution in [-0.2, 0) is 0 Å². The van der Waals surface area contributed by atoms with E-state index >= 15 is 0 Å².